The Labute approximate surface area is 226 Å². The molecule has 0 unspecified atom stereocenters. The van der Waals surface area contributed by atoms with E-state index in [0.717, 1.165) is 16.5 Å². The van der Waals surface area contributed by atoms with Crippen LogP contribution in [-0.2, 0) is 10.5 Å². The van der Waals surface area contributed by atoms with E-state index in [0.29, 0.717) is 18.6 Å². The van der Waals surface area contributed by atoms with Crippen LogP contribution in [0.15, 0.2) is 64.4 Å². The second-order valence-corrected chi connectivity index (χ2v) is 11.0. The van der Waals surface area contributed by atoms with E-state index in [1.807, 2.05) is 30.3 Å². The molecule has 1 spiro atoms. The topological polar surface area (TPSA) is 84.2 Å². The molecule has 3 aromatic rings. The molecule has 8 nitrogen and oxygen atoms in total. The Morgan fingerprint density at radius 3 is 2.82 bits per heavy atom. The number of carbonyl (C=O) groups excluding carboxylic acids is 1. The monoisotopic (exact) mass is 551 g/mol. The van der Waals surface area contributed by atoms with Crippen LogP contribution in [0.2, 0.25) is 0 Å². The van der Waals surface area contributed by atoms with Gasteiger partial charge in [0, 0.05) is 53.1 Å². The zero-order valence-electron chi connectivity index (χ0n) is 20.6. The molecule has 1 amide bonds. The summed E-state index contributed by atoms with van der Waals surface area (Å²) in [7, 11) is 0. The number of thioether (sulfide) groups is 1. The Morgan fingerprint density at radius 2 is 2.00 bits per heavy atom. The van der Waals surface area contributed by atoms with Crippen LogP contribution in [0.4, 0.5) is 8.78 Å². The fourth-order valence-electron chi connectivity index (χ4n) is 5.97. The first-order valence-corrected chi connectivity index (χ1v) is 13.5. The van der Waals surface area contributed by atoms with E-state index < -0.39 is 40.3 Å². The maximum atomic E-state index is 15.5. The number of aromatic hydroxyl groups is 1. The summed E-state index contributed by atoms with van der Waals surface area (Å²) in [4.78, 5) is 29.0. The average Bonchev–Trinajstić information content (AvgIpc) is 3.33. The van der Waals surface area contributed by atoms with Gasteiger partial charge < -0.3 is 19.5 Å². The van der Waals surface area contributed by atoms with E-state index in [4.69, 9.17) is 9.47 Å². The number of carbonyl (C=O) groups is 1. The predicted octanol–water partition coefficient (Wildman–Crippen LogP) is 3.69. The van der Waals surface area contributed by atoms with Crippen molar-refractivity contribution in [2.75, 3.05) is 31.5 Å². The molecule has 200 valence electrons. The minimum Gasteiger partial charge on any atom is -0.502 e. The highest BCUT2D eigenvalue weighted by molar-refractivity contribution is 7.98. The zero-order chi connectivity index (χ0) is 26.9. The van der Waals surface area contributed by atoms with Crippen molar-refractivity contribution in [1.82, 2.24) is 9.58 Å². The van der Waals surface area contributed by atoms with E-state index in [1.165, 1.54) is 28.7 Å². The molecule has 1 saturated heterocycles. The molecule has 1 fully saturated rings. The van der Waals surface area contributed by atoms with Gasteiger partial charge in [-0.1, -0.05) is 24.3 Å². The summed E-state index contributed by atoms with van der Waals surface area (Å²) >= 11 is 1.38. The van der Waals surface area contributed by atoms with Crippen LogP contribution in [0.5, 0.6) is 11.5 Å². The number of fused-ring (bicyclic) bond motifs is 8. The molecule has 4 aliphatic heterocycles. The average molecular weight is 552 g/mol. The van der Waals surface area contributed by atoms with Gasteiger partial charge in [0.2, 0.25) is 5.43 Å². The van der Waals surface area contributed by atoms with Crippen molar-refractivity contribution in [3.63, 3.8) is 0 Å². The molecule has 11 heteroatoms. The highest BCUT2D eigenvalue weighted by Crippen LogP contribution is 2.48. The summed E-state index contributed by atoms with van der Waals surface area (Å²) in [5.74, 6) is -2.82. The van der Waals surface area contributed by atoms with Gasteiger partial charge in [-0.05, 0) is 17.7 Å². The summed E-state index contributed by atoms with van der Waals surface area (Å²) in [6.45, 7) is 0.688. The zero-order valence-corrected chi connectivity index (χ0v) is 21.4. The van der Waals surface area contributed by atoms with Gasteiger partial charge in [-0.2, -0.15) is 0 Å². The third-order valence-electron chi connectivity index (χ3n) is 7.88. The Balaban J connectivity index is 1.58. The smallest absolute Gasteiger partial charge is 0.278 e. The molecule has 0 saturated carbocycles. The van der Waals surface area contributed by atoms with Crippen molar-refractivity contribution in [3.05, 3.63) is 99.0 Å². The minimum atomic E-state index is -1.01. The van der Waals surface area contributed by atoms with Crippen molar-refractivity contribution >= 4 is 17.7 Å². The van der Waals surface area contributed by atoms with Crippen molar-refractivity contribution < 1.29 is 28.2 Å². The van der Waals surface area contributed by atoms with Crippen LogP contribution in [0.25, 0.3) is 0 Å². The van der Waals surface area contributed by atoms with Crippen molar-refractivity contribution in [2.24, 2.45) is 0 Å². The van der Waals surface area contributed by atoms with Crippen molar-refractivity contribution in [3.8, 4) is 11.5 Å². The Bertz CT molecular complexity index is 1620. The van der Waals surface area contributed by atoms with Gasteiger partial charge in [-0.3, -0.25) is 19.3 Å². The Hall–Kier alpha value is -3.83. The van der Waals surface area contributed by atoms with Gasteiger partial charge in [0.1, 0.15) is 25.1 Å². The lowest BCUT2D eigenvalue weighted by Crippen LogP contribution is -2.62. The summed E-state index contributed by atoms with van der Waals surface area (Å²) in [6, 6.07) is 9.04. The van der Waals surface area contributed by atoms with Crippen LogP contribution in [0.1, 0.15) is 39.6 Å². The lowest BCUT2D eigenvalue weighted by atomic mass is 9.92. The van der Waals surface area contributed by atoms with E-state index in [2.05, 4.69) is 0 Å². The largest absolute Gasteiger partial charge is 0.502 e. The first kappa shape index (κ1) is 24.2. The SMILES string of the molecule is O=C1c2c(O)c(=O)ccn2N2CN1[C@@]1(/C=C\COc3cc(F)c(F)c4c3[C@H]2c2ccccc2SC4)CCOC1. The number of rotatable bonds is 0. The van der Waals surface area contributed by atoms with Crippen LogP contribution >= 0.6 is 11.8 Å². The van der Waals surface area contributed by atoms with Gasteiger partial charge in [0.15, 0.2) is 23.1 Å². The Morgan fingerprint density at radius 1 is 1.15 bits per heavy atom. The van der Waals surface area contributed by atoms with Gasteiger partial charge in [-0.15, -0.1) is 11.8 Å². The number of aromatic nitrogens is 1. The molecular weight excluding hydrogens is 528 g/mol. The summed E-state index contributed by atoms with van der Waals surface area (Å²) in [6.07, 6.45) is 5.49. The number of nitrogens with zero attached hydrogens (tertiary/aromatic N) is 3. The number of benzene rings is 2. The highest BCUT2D eigenvalue weighted by atomic mass is 32.2. The van der Waals surface area contributed by atoms with Crippen molar-refractivity contribution in [2.45, 2.75) is 28.6 Å². The molecule has 39 heavy (non-hydrogen) atoms. The number of halogens is 2. The third-order valence-corrected chi connectivity index (χ3v) is 8.99. The van der Waals surface area contributed by atoms with Gasteiger partial charge >= 0.3 is 0 Å². The highest BCUT2D eigenvalue weighted by Gasteiger charge is 2.48. The molecule has 5 heterocycles. The predicted molar refractivity (Wildman–Crippen MR) is 139 cm³/mol. The fourth-order valence-corrected chi connectivity index (χ4v) is 7.08. The van der Waals surface area contributed by atoms with E-state index in [9.17, 15) is 19.1 Å². The minimum absolute atomic E-state index is 0.0172. The maximum Gasteiger partial charge on any atom is 0.278 e. The summed E-state index contributed by atoms with van der Waals surface area (Å²) in [5, 5.41) is 12.7. The quantitative estimate of drug-likeness (QED) is 0.427. The van der Waals surface area contributed by atoms with Gasteiger partial charge in [0.05, 0.1) is 12.1 Å². The number of pyridine rings is 1. The second-order valence-electron chi connectivity index (χ2n) is 9.95. The van der Waals surface area contributed by atoms with Crippen LogP contribution in [-0.4, -0.2) is 52.6 Å². The van der Waals surface area contributed by atoms with Gasteiger partial charge in [-0.25, -0.2) is 8.78 Å². The normalized spacial score (nSPS) is 24.3. The molecular formula is C28H23F2N3O5S. The van der Waals surface area contributed by atoms with E-state index >= 15 is 4.39 Å². The standard InChI is InChI=1S/C28H23F2N3O5S/c29-18-12-20-22-17(23(18)30)13-39-21-5-2-1-4-16(21)24(22)33-15-31(28(7-3-10-38-20)8-11-37-14-28)27(36)25-26(35)19(34)6-9-32(25)33/h1-7,9,12,24,35H,8,10-11,13-15H2/b7-3-/t24-,28+/m1/s1. The molecule has 4 aliphatic rings. The molecule has 2 atom stereocenters. The van der Waals surface area contributed by atoms with Crippen LogP contribution in [0.3, 0.4) is 0 Å². The van der Waals surface area contributed by atoms with Crippen LogP contribution in [0, 0.1) is 11.6 Å². The van der Waals surface area contributed by atoms with Gasteiger partial charge in [0.25, 0.3) is 5.91 Å². The molecule has 2 aromatic carbocycles. The van der Waals surface area contributed by atoms with Crippen molar-refractivity contribution in [1.29, 1.82) is 0 Å². The molecule has 1 aromatic heterocycles. The second kappa shape index (κ2) is 8.85. The van der Waals surface area contributed by atoms with E-state index in [1.54, 1.807) is 16.0 Å². The molecule has 1 N–H and O–H groups in total. The third kappa shape index (κ3) is 3.52. The number of ether oxygens (including phenoxy) is 2. The fraction of sp³-hybridized carbons (Fsp3) is 0.286. The number of amides is 1. The lowest BCUT2D eigenvalue weighted by molar-refractivity contribution is 0.0428. The summed E-state index contributed by atoms with van der Waals surface area (Å²) < 4.78 is 43.7. The number of hydrogen-bond acceptors (Lipinski definition) is 7. The molecule has 7 rings (SSSR count). The number of hydrogen-bond donors (Lipinski definition) is 1. The Kier molecular flexibility index (Phi) is 5.50. The molecule has 2 bridgehead atoms. The molecule has 0 aliphatic carbocycles. The maximum absolute atomic E-state index is 15.5. The van der Waals surface area contributed by atoms with Crippen LogP contribution < -0.4 is 15.2 Å². The first-order chi connectivity index (χ1) is 18.9. The molecule has 0 radical (unpaired) electrons. The lowest BCUT2D eigenvalue weighted by Gasteiger charge is -2.49. The summed E-state index contributed by atoms with van der Waals surface area (Å²) in [5.41, 5.74) is -0.391. The van der Waals surface area contributed by atoms with E-state index in [-0.39, 0.29) is 42.6 Å². The first-order valence-electron chi connectivity index (χ1n) is 12.5.